The molecule has 1 aromatic rings. The molecule has 0 aliphatic heterocycles. The Morgan fingerprint density at radius 2 is 1.80 bits per heavy atom. The van der Waals surface area contributed by atoms with Gasteiger partial charge >= 0.3 is 0 Å². The van der Waals surface area contributed by atoms with Crippen LogP contribution in [-0.2, 0) is 10.0 Å². The van der Waals surface area contributed by atoms with E-state index in [4.69, 9.17) is 5.73 Å². The molecule has 1 aromatic carbocycles. The van der Waals surface area contributed by atoms with Gasteiger partial charge in [-0.05, 0) is 25.0 Å². The molecule has 0 aromatic heterocycles. The van der Waals surface area contributed by atoms with E-state index < -0.39 is 14.9 Å². The molecule has 0 amide bonds. The molecule has 0 bridgehead atoms. The molecule has 8 heteroatoms. The molecule has 7 nitrogen and oxygen atoms in total. The Bertz CT molecular complexity index is 580. The summed E-state index contributed by atoms with van der Waals surface area (Å²) < 4.78 is 26.3. The van der Waals surface area contributed by atoms with Crippen molar-refractivity contribution in [1.82, 2.24) is 4.31 Å². The van der Waals surface area contributed by atoms with Crippen molar-refractivity contribution in [3.8, 4) is 0 Å². The third kappa shape index (κ3) is 3.45. The quantitative estimate of drug-likeness (QED) is 0.471. The zero-order valence-electron chi connectivity index (χ0n) is 11.6. The number of anilines is 1. The normalized spacial score (nSPS) is 11.8. The van der Waals surface area contributed by atoms with Crippen LogP contribution in [-0.4, -0.2) is 30.7 Å². The minimum atomic E-state index is -3.66. The summed E-state index contributed by atoms with van der Waals surface area (Å²) in [6.45, 7) is 4.60. The lowest BCUT2D eigenvalue weighted by Gasteiger charge is -2.21. The Morgan fingerprint density at radius 1 is 1.25 bits per heavy atom. The van der Waals surface area contributed by atoms with Crippen LogP contribution in [0.2, 0.25) is 0 Å². The van der Waals surface area contributed by atoms with Crippen LogP contribution in [0.5, 0.6) is 0 Å². The fraction of sp³-hybridized carbons (Fsp3) is 0.500. The Morgan fingerprint density at radius 3 is 2.20 bits per heavy atom. The standard InChI is InChI=1S/C12H19N3O4S/c1-3-7-14(8-4-2)20(18,19)10-5-6-12(15(16)17)11(13)9-10/h5-6,9H,3-4,7-8,13H2,1-2H3. The predicted octanol–water partition coefficient (Wildman–Crippen LogP) is 1.99. The van der Waals surface area contributed by atoms with Gasteiger partial charge in [0.15, 0.2) is 0 Å². The number of nitro benzene ring substituents is 1. The van der Waals surface area contributed by atoms with Crippen molar-refractivity contribution in [3.05, 3.63) is 28.3 Å². The lowest BCUT2D eigenvalue weighted by Crippen LogP contribution is -2.32. The molecule has 0 saturated heterocycles. The zero-order chi connectivity index (χ0) is 15.3. The molecule has 0 heterocycles. The minimum absolute atomic E-state index is 0.0116. The molecule has 2 N–H and O–H groups in total. The van der Waals surface area contributed by atoms with E-state index in [1.807, 2.05) is 13.8 Å². The Kier molecular flexibility index (Phi) is 5.46. The van der Waals surface area contributed by atoms with E-state index in [2.05, 4.69) is 0 Å². The van der Waals surface area contributed by atoms with Crippen molar-refractivity contribution in [1.29, 1.82) is 0 Å². The van der Waals surface area contributed by atoms with Crippen LogP contribution in [0, 0.1) is 10.1 Å². The SMILES string of the molecule is CCCN(CCC)S(=O)(=O)c1ccc([N+](=O)[O-])c(N)c1. The highest BCUT2D eigenvalue weighted by molar-refractivity contribution is 7.89. The van der Waals surface area contributed by atoms with E-state index >= 15 is 0 Å². The summed E-state index contributed by atoms with van der Waals surface area (Å²) in [5, 5.41) is 10.7. The Labute approximate surface area is 118 Å². The molecule has 0 atom stereocenters. The van der Waals surface area contributed by atoms with Gasteiger partial charge in [-0.2, -0.15) is 4.31 Å². The molecule has 0 aliphatic rings. The number of sulfonamides is 1. The number of nitrogens with two attached hydrogens (primary N) is 1. The summed E-state index contributed by atoms with van der Waals surface area (Å²) in [7, 11) is -3.66. The largest absolute Gasteiger partial charge is 0.393 e. The van der Waals surface area contributed by atoms with Gasteiger partial charge in [-0.25, -0.2) is 8.42 Å². The van der Waals surface area contributed by atoms with Crippen LogP contribution in [0.25, 0.3) is 0 Å². The van der Waals surface area contributed by atoms with Crippen molar-refractivity contribution >= 4 is 21.4 Å². The van der Waals surface area contributed by atoms with Crippen molar-refractivity contribution in [3.63, 3.8) is 0 Å². The molecule has 0 aliphatic carbocycles. The number of hydrogen-bond acceptors (Lipinski definition) is 5. The van der Waals surface area contributed by atoms with Gasteiger partial charge in [0.1, 0.15) is 5.69 Å². The molecule has 0 fully saturated rings. The minimum Gasteiger partial charge on any atom is -0.393 e. The van der Waals surface area contributed by atoms with Gasteiger partial charge in [-0.15, -0.1) is 0 Å². The maximum absolute atomic E-state index is 12.4. The fourth-order valence-electron chi connectivity index (χ4n) is 1.86. The topological polar surface area (TPSA) is 107 Å². The van der Waals surface area contributed by atoms with Crippen LogP contribution in [0.15, 0.2) is 23.1 Å². The third-order valence-corrected chi connectivity index (χ3v) is 4.67. The van der Waals surface area contributed by atoms with Crippen LogP contribution < -0.4 is 5.73 Å². The summed E-state index contributed by atoms with van der Waals surface area (Å²) in [5.41, 5.74) is 5.10. The van der Waals surface area contributed by atoms with Gasteiger partial charge in [0.25, 0.3) is 5.69 Å². The molecule has 1 rings (SSSR count). The number of rotatable bonds is 7. The molecule has 0 saturated carbocycles. The number of nitro groups is 1. The summed E-state index contributed by atoms with van der Waals surface area (Å²) in [4.78, 5) is 10.0. The highest BCUT2D eigenvalue weighted by atomic mass is 32.2. The van der Waals surface area contributed by atoms with E-state index in [0.29, 0.717) is 25.9 Å². The van der Waals surface area contributed by atoms with Crippen molar-refractivity contribution < 1.29 is 13.3 Å². The summed E-state index contributed by atoms with van der Waals surface area (Å²) in [6.07, 6.45) is 1.39. The number of benzene rings is 1. The van der Waals surface area contributed by atoms with Crippen molar-refractivity contribution in [2.45, 2.75) is 31.6 Å². The number of hydrogen-bond donors (Lipinski definition) is 1. The van der Waals surface area contributed by atoms with Gasteiger partial charge < -0.3 is 5.73 Å². The van der Waals surface area contributed by atoms with Crippen LogP contribution in [0.1, 0.15) is 26.7 Å². The Balaban J connectivity index is 3.20. The maximum atomic E-state index is 12.4. The zero-order valence-corrected chi connectivity index (χ0v) is 12.4. The van der Waals surface area contributed by atoms with Gasteiger partial charge in [0.05, 0.1) is 9.82 Å². The molecule has 0 spiro atoms. The number of nitrogens with zero attached hydrogens (tertiary/aromatic N) is 2. The molecule has 0 unspecified atom stereocenters. The van der Waals surface area contributed by atoms with E-state index in [9.17, 15) is 18.5 Å². The van der Waals surface area contributed by atoms with Crippen LogP contribution in [0.4, 0.5) is 11.4 Å². The molecular weight excluding hydrogens is 282 g/mol. The average Bonchev–Trinajstić information content (AvgIpc) is 2.37. The highest BCUT2D eigenvalue weighted by Crippen LogP contribution is 2.26. The second-order valence-electron chi connectivity index (χ2n) is 4.38. The molecular formula is C12H19N3O4S. The fourth-order valence-corrected chi connectivity index (χ4v) is 3.52. The predicted molar refractivity (Wildman–Crippen MR) is 76.8 cm³/mol. The lowest BCUT2D eigenvalue weighted by molar-refractivity contribution is -0.383. The van der Waals surface area contributed by atoms with Gasteiger partial charge in [-0.1, -0.05) is 13.8 Å². The first kappa shape index (κ1) is 16.4. The molecule has 20 heavy (non-hydrogen) atoms. The van der Waals surface area contributed by atoms with E-state index in [1.54, 1.807) is 0 Å². The number of nitrogen functional groups attached to an aromatic ring is 1. The highest BCUT2D eigenvalue weighted by Gasteiger charge is 2.25. The Hall–Kier alpha value is -1.67. The van der Waals surface area contributed by atoms with E-state index in [1.165, 1.54) is 10.4 Å². The molecule has 112 valence electrons. The summed E-state index contributed by atoms with van der Waals surface area (Å²) >= 11 is 0. The lowest BCUT2D eigenvalue weighted by atomic mass is 10.3. The summed E-state index contributed by atoms with van der Waals surface area (Å²) in [6, 6.07) is 3.49. The van der Waals surface area contributed by atoms with Crippen molar-refractivity contribution in [2.24, 2.45) is 0 Å². The van der Waals surface area contributed by atoms with Crippen LogP contribution in [0.3, 0.4) is 0 Å². The third-order valence-electron chi connectivity index (χ3n) is 2.78. The second-order valence-corrected chi connectivity index (χ2v) is 6.32. The average molecular weight is 301 g/mol. The molecule has 0 radical (unpaired) electrons. The van der Waals surface area contributed by atoms with Gasteiger partial charge in [0, 0.05) is 19.2 Å². The smallest absolute Gasteiger partial charge is 0.292 e. The van der Waals surface area contributed by atoms with E-state index in [0.717, 1.165) is 12.1 Å². The maximum Gasteiger partial charge on any atom is 0.292 e. The second kappa shape index (κ2) is 6.67. The van der Waals surface area contributed by atoms with Crippen LogP contribution >= 0.6 is 0 Å². The van der Waals surface area contributed by atoms with Gasteiger partial charge in [-0.3, -0.25) is 10.1 Å². The summed E-state index contributed by atoms with van der Waals surface area (Å²) in [5.74, 6) is 0. The first-order valence-corrected chi connectivity index (χ1v) is 7.82. The first-order valence-electron chi connectivity index (χ1n) is 6.38. The van der Waals surface area contributed by atoms with E-state index in [-0.39, 0.29) is 16.3 Å². The first-order chi connectivity index (χ1) is 9.34. The van der Waals surface area contributed by atoms with Gasteiger partial charge in [0.2, 0.25) is 10.0 Å². The monoisotopic (exact) mass is 301 g/mol. The van der Waals surface area contributed by atoms with Crippen molar-refractivity contribution in [2.75, 3.05) is 18.8 Å².